The molecular weight excluding hydrogens is 355 g/mol. The van der Waals surface area contributed by atoms with Crippen molar-refractivity contribution in [1.82, 2.24) is 5.43 Å². The van der Waals surface area contributed by atoms with Gasteiger partial charge in [0.2, 0.25) is 0 Å². The molecule has 96 valence electrons. The van der Waals surface area contributed by atoms with E-state index in [1.807, 2.05) is 23.6 Å². The maximum atomic E-state index is 6.01. The zero-order valence-corrected chi connectivity index (χ0v) is 13.2. The van der Waals surface area contributed by atoms with Gasteiger partial charge in [-0.25, -0.2) is 0 Å². The third kappa shape index (κ3) is 3.26. The first-order valence-corrected chi connectivity index (χ1v) is 7.67. The van der Waals surface area contributed by atoms with Gasteiger partial charge in [0.05, 0.1) is 16.1 Å². The second-order valence-corrected chi connectivity index (χ2v) is 6.42. The quantitative estimate of drug-likeness (QED) is 0.615. The van der Waals surface area contributed by atoms with Crippen LogP contribution in [0.1, 0.15) is 16.5 Å². The van der Waals surface area contributed by atoms with Crippen molar-refractivity contribution in [2.24, 2.45) is 5.84 Å². The lowest BCUT2D eigenvalue weighted by Gasteiger charge is -2.15. The lowest BCUT2D eigenvalue weighted by molar-refractivity contribution is 0.559. The molecule has 1 unspecified atom stereocenters. The van der Waals surface area contributed by atoms with Crippen molar-refractivity contribution < 1.29 is 0 Å². The lowest BCUT2D eigenvalue weighted by Crippen LogP contribution is -2.29. The Morgan fingerprint density at radius 2 is 2.06 bits per heavy atom. The molecule has 6 heteroatoms. The molecule has 3 N–H and O–H groups in total. The van der Waals surface area contributed by atoms with Crippen molar-refractivity contribution in [3.05, 3.63) is 54.6 Å². The zero-order valence-electron chi connectivity index (χ0n) is 9.29. The molecular formula is C12H11BrCl2N2S. The second kappa shape index (κ2) is 6.37. The second-order valence-electron chi connectivity index (χ2n) is 3.80. The Hall–Kier alpha value is -0.100. The van der Waals surface area contributed by atoms with Gasteiger partial charge in [-0.2, -0.15) is 0 Å². The SMILES string of the molecule is NNC(Cc1ccc(Cl)c(Cl)c1)c1sccc1Br. The Bertz CT molecular complexity index is 545. The Morgan fingerprint density at radius 3 is 2.61 bits per heavy atom. The average Bonchev–Trinajstić information content (AvgIpc) is 2.77. The van der Waals surface area contributed by atoms with E-state index in [1.165, 1.54) is 4.88 Å². The molecule has 0 saturated heterocycles. The summed E-state index contributed by atoms with van der Waals surface area (Å²) in [5.74, 6) is 5.63. The first kappa shape index (κ1) is 14.3. The number of benzene rings is 1. The molecule has 0 aliphatic rings. The predicted molar refractivity (Wildman–Crippen MR) is 82.2 cm³/mol. The first-order chi connectivity index (χ1) is 8.61. The summed E-state index contributed by atoms with van der Waals surface area (Å²) < 4.78 is 1.07. The Labute approximate surface area is 128 Å². The fourth-order valence-corrected chi connectivity index (χ4v) is 3.72. The molecule has 2 rings (SSSR count). The lowest BCUT2D eigenvalue weighted by atomic mass is 10.1. The summed E-state index contributed by atoms with van der Waals surface area (Å²) in [5.41, 5.74) is 3.92. The summed E-state index contributed by atoms with van der Waals surface area (Å²) in [6, 6.07) is 7.70. The molecule has 1 atom stereocenters. The highest BCUT2D eigenvalue weighted by Gasteiger charge is 2.15. The van der Waals surface area contributed by atoms with Gasteiger partial charge in [-0.3, -0.25) is 11.3 Å². The normalized spacial score (nSPS) is 12.7. The van der Waals surface area contributed by atoms with Gasteiger partial charge in [-0.1, -0.05) is 29.3 Å². The molecule has 0 bridgehead atoms. The summed E-state index contributed by atoms with van der Waals surface area (Å²) in [6.07, 6.45) is 0.756. The van der Waals surface area contributed by atoms with Crippen molar-refractivity contribution in [3.63, 3.8) is 0 Å². The number of nitrogens with one attached hydrogen (secondary N) is 1. The van der Waals surface area contributed by atoms with E-state index in [9.17, 15) is 0 Å². The first-order valence-electron chi connectivity index (χ1n) is 5.24. The van der Waals surface area contributed by atoms with Gasteiger partial charge in [0.15, 0.2) is 0 Å². The number of thiophene rings is 1. The Morgan fingerprint density at radius 1 is 1.28 bits per heavy atom. The third-order valence-corrected chi connectivity index (χ3v) is 5.31. The summed E-state index contributed by atoms with van der Waals surface area (Å²) >= 11 is 17.1. The third-order valence-electron chi connectivity index (χ3n) is 2.59. The maximum absolute atomic E-state index is 6.01. The average molecular weight is 366 g/mol. The molecule has 1 aromatic carbocycles. The summed E-state index contributed by atoms with van der Waals surface area (Å²) in [5, 5.41) is 3.16. The van der Waals surface area contributed by atoms with Gasteiger partial charge in [0, 0.05) is 9.35 Å². The summed E-state index contributed by atoms with van der Waals surface area (Å²) in [4.78, 5) is 1.17. The van der Waals surface area contributed by atoms with Crippen LogP contribution in [0.3, 0.4) is 0 Å². The van der Waals surface area contributed by atoms with Gasteiger partial charge < -0.3 is 0 Å². The van der Waals surface area contributed by atoms with E-state index in [4.69, 9.17) is 29.0 Å². The summed E-state index contributed by atoms with van der Waals surface area (Å²) in [6.45, 7) is 0. The van der Waals surface area contributed by atoms with Crippen molar-refractivity contribution in [1.29, 1.82) is 0 Å². The zero-order chi connectivity index (χ0) is 13.1. The van der Waals surface area contributed by atoms with Crippen LogP contribution in [0, 0.1) is 0 Å². The number of nitrogens with two attached hydrogens (primary N) is 1. The fraction of sp³-hybridized carbons (Fsp3) is 0.167. The van der Waals surface area contributed by atoms with Crippen molar-refractivity contribution in [2.75, 3.05) is 0 Å². The Balaban J connectivity index is 2.20. The van der Waals surface area contributed by atoms with Crippen LogP contribution in [0.25, 0.3) is 0 Å². The number of halogens is 3. The molecule has 18 heavy (non-hydrogen) atoms. The number of hydrogen-bond acceptors (Lipinski definition) is 3. The van der Waals surface area contributed by atoms with E-state index in [0.29, 0.717) is 10.0 Å². The standard InChI is InChI=1S/C12H11BrCl2N2S/c13-8-3-4-18-12(8)11(17-16)6-7-1-2-9(14)10(15)5-7/h1-5,11,17H,6,16H2. The Kier molecular flexibility index (Phi) is 5.06. The molecule has 1 heterocycles. The van der Waals surface area contributed by atoms with Crippen LogP contribution in [0.4, 0.5) is 0 Å². The molecule has 0 amide bonds. The number of hydrazine groups is 1. The minimum atomic E-state index is 0.0524. The molecule has 0 aliphatic heterocycles. The van der Waals surface area contributed by atoms with E-state index >= 15 is 0 Å². The highest BCUT2D eigenvalue weighted by atomic mass is 79.9. The van der Waals surface area contributed by atoms with E-state index in [-0.39, 0.29) is 6.04 Å². The molecule has 0 radical (unpaired) electrons. The van der Waals surface area contributed by atoms with E-state index in [0.717, 1.165) is 16.5 Å². The largest absolute Gasteiger partial charge is 0.271 e. The van der Waals surface area contributed by atoms with E-state index in [1.54, 1.807) is 17.4 Å². The van der Waals surface area contributed by atoms with Crippen LogP contribution in [0.5, 0.6) is 0 Å². The molecule has 2 nitrogen and oxygen atoms in total. The van der Waals surface area contributed by atoms with Crippen molar-refractivity contribution in [2.45, 2.75) is 12.5 Å². The van der Waals surface area contributed by atoms with Gasteiger partial charge in [0.1, 0.15) is 0 Å². The predicted octanol–water partition coefficient (Wildman–Crippen LogP) is 4.56. The van der Waals surface area contributed by atoms with Crippen LogP contribution >= 0.6 is 50.5 Å². The van der Waals surface area contributed by atoms with Crippen molar-refractivity contribution in [3.8, 4) is 0 Å². The van der Waals surface area contributed by atoms with Crippen LogP contribution < -0.4 is 11.3 Å². The highest BCUT2D eigenvalue weighted by Crippen LogP contribution is 2.31. The van der Waals surface area contributed by atoms with Gasteiger partial charge in [-0.05, 0) is 51.5 Å². The van der Waals surface area contributed by atoms with Crippen LogP contribution in [-0.4, -0.2) is 0 Å². The molecule has 0 saturated carbocycles. The minimum Gasteiger partial charge on any atom is -0.271 e. The topological polar surface area (TPSA) is 38.0 Å². The summed E-state index contributed by atoms with van der Waals surface area (Å²) in [7, 11) is 0. The van der Waals surface area contributed by atoms with Gasteiger partial charge in [-0.15, -0.1) is 11.3 Å². The van der Waals surface area contributed by atoms with E-state index in [2.05, 4.69) is 21.4 Å². The smallest absolute Gasteiger partial charge is 0.0604 e. The molecule has 0 aliphatic carbocycles. The van der Waals surface area contributed by atoms with Crippen LogP contribution in [0.2, 0.25) is 10.0 Å². The monoisotopic (exact) mass is 364 g/mol. The van der Waals surface area contributed by atoms with E-state index < -0.39 is 0 Å². The fourth-order valence-electron chi connectivity index (χ4n) is 1.68. The maximum Gasteiger partial charge on any atom is 0.0604 e. The van der Waals surface area contributed by atoms with Crippen LogP contribution in [0.15, 0.2) is 34.1 Å². The highest BCUT2D eigenvalue weighted by molar-refractivity contribution is 9.10. The van der Waals surface area contributed by atoms with Gasteiger partial charge in [0.25, 0.3) is 0 Å². The molecule has 1 aromatic heterocycles. The molecule has 0 spiro atoms. The van der Waals surface area contributed by atoms with Crippen molar-refractivity contribution >= 4 is 50.5 Å². The number of rotatable bonds is 4. The van der Waals surface area contributed by atoms with Gasteiger partial charge >= 0.3 is 0 Å². The molecule has 2 aromatic rings. The molecule has 0 fully saturated rings. The van der Waals surface area contributed by atoms with Crippen LogP contribution in [-0.2, 0) is 6.42 Å². The minimum absolute atomic E-state index is 0.0524. The number of hydrogen-bond donors (Lipinski definition) is 2.